The van der Waals surface area contributed by atoms with Crippen molar-refractivity contribution in [3.63, 3.8) is 0 Å². The lowest BCUT2D eigenvalue weighted by Crippen LogP contribution is -2.54. The lowest BCUT2D eigenvalue weighted by molar-refractivity contribution is -0.194. The SMILES string of the molecule is CC(=O)OC1CC2=CC(=O)OCC2C(OC(C)=O)C1OC(C)=O. The molecule has 4 unspecified atom stereocenters. The number of carbonyl (C=O) groups excluding carboxylic acids is 4. The maximum absolute atomic E-state index is 11.4. The molecule has 4 atom stereocenters. The number of hydrogen-bond donors (Lipinski definition) is 0. The highest BCUT2D eigenvalue weighted by atomic mass is 16.6. The summed E-state index contributed by atoms with van der Waals surface area (Å²) < 4.78 is 20.7. The fraction of sp³-hybridized carbons (Fsp3) is 0.600. The number of carbonyl (C=O) groups is 4. The molecule has 2 aliphatic rings. The van der Waals surface area contributed by atoms with Gasteiger partial charge in [-0.3, -0.25) is 14.4 Å². The van der Waals surface area contributed by atoms with Crippen LogP contribution in [0, 0.1) is 5.92 Å². The molecule has 0 N–H and O–H groups in total. The second-order valence-corrected chi connectivity index (χ2v) is 5.46. The van der Waals surface area contributed by atoms with Crippen molar-refractivity contribution >= 4 is 23.9 Å². The molecule has 1 heterocycles. The predicted octanol–water partition coefficient (Wildman–Crippen LogP) is 0.285. The second kappa shape index (κ2) is 6.80. The Hall–Kier alpha value is -2.38. The Labute approximate surface area is 132 Å². The molecule has 0 saturated heterocycles. The zero-order valence-corrected chi connectivity index (χ0v) is 13.1. The van der Waals surface area contributed by atoms with Crippen LogP contribution in [0.3, 0.4) is 0 Å². The maximum atomic E-state index is 11.4. The minimum atomic E-state index is -0.959. The van der Waals surface area contributed by atoms with Gasteiger partial charge < -0.3 is 18.9 Å². The Morgan fingerprint density at radius 3 is 2.13 bits per heavy atom. The number of hydrogen-bond acceptors (Lipinski definition) is 8. The topological polar surface area (TPSA) is 105 Å². The van der Waals surface area contributed by atoms with E-state index in [1.165, 1.54) is 26.8 Å². The normalized spacial score (nSPS) is 29.5. The van der Waals surface area contributed by atoms with Crippen LogP contribution in [0.1, 0.15) is 27.2 Å². The van der Waals surface area contributed by atoms with Gasteiger partial charge in [0, 0.05) is 33.3 Å². The number of cyclic esters (lactones) is 1. The molecule has 126 valence electrons. The third-order valence-corrected chi connectivity index (χ3v) is 3.63. The van der Waals surface area contributed by atoms with Gasteiger partial charge in [-0.25, -0.2) is 4.79 Å². The molecular weight excluding hydrogens is 308 g/mol. The van der Waals surface area contributed by atoms with E-state index in [4.69, 9.17) is 18.9 Å². The first-order chi connectivity index (χ1) is 10.8. The molecule has 0 aromatic carbocycles. The fourth-order valence-electron chi connectivity index (χ4n) is 2.88. The van der Waals surface area contributed by atoms with E-state index in [1.807, 2.05) is 0 Å². The monoisotopic (exact) mass is 326 g/mol. The van der Waals surface area contributed by atoms with Crippen LogP contribution >= 0.6 is 0 Å². The summed E-state index contributed by atoms with van der Waals surface area (Å²) >= 11 is 0. The summed E-state index contributed by atoms with van der Waals surface area (Å²) in [4.78, 5) is 45.5. The van der Waals surface area contributed by atoms with Gasteiger partial charge in [-0.15, -0.1) is 0 Å². The molecule has 8 heteroatoms. The molecule has 0 amide bonds. The second-order valence-electron chi connectivity index (χ2n) is 5.46. The van der Waals surface area contributed by atoms with Crippen LogP contribution < -0.4 is 0 Å². The van der Waals surface area contributed by atoms with Crippen molar-refractivity contribution < 1.29 is 38.1 Å². The Morgan fingerprint density at radius 1 is 1.00 bits per heavy atom. The van der Waals surface area contributed by atoms with Crippen LogP contribution in [0.15, 0.2) is 11.6 Å². The van der Waals surface area contributed by atoms with Gasteiger partial charge in [-0.2, -0.15) is 0 Å². The van der Waals surface area contributed by atoms with Gasteiger partial charge in [0.25, 0.3) is 0 Å². The van der Waals surface area contributed by atoms with E-state index in [2.05, 4.69) is 0 Å². The number of ether oxygens (including phenoxy) is 4. The first-order valence-electron chi connectivity index (χ1n) is 7.16. The maximum Gasteiger partial charge on any atom is 0.330 e. The smallest absolute Gasteiger partial charge is 0.330 e. The van der Waals surface area contributed by atoms with Gasteiger partial charge in [0.15, 0.2) is 12.2 Å². The molecule has 1 fully saturated rings. The van der Waals surface area contributed by atoms with Crippen molar-refractivity contribution in [2.45, 2.75) is 45.5 Å². The van der Waals surface area contributed by atoms with Gasteiger partial charge in [-0.05, 0) is 5.57 Å². The summed E-state index contributed by atoms with van der Waals surface area (Å²) in [6, 6.07) is 0. The van der Waals surface area contributed by atoms with E-state index in [0.29, 0.717) is 5.57 Å². The summed E-state index contributed by atoms with van der Waals surface area (Å²) in [5, 5.41) is 0. The van der Waals surface area contributed by atoms with Crippen molar-refractivity contribution in [3.05, 3.63) is 11.6 Å². The van der Waals surface area contributed by atoms with Crippen molar-refractivity contribution in [2.24, 2.45) is 5.92 Å². The van der Waals surface area contributed by atoms with E-state index < -0.39 is 48.1 Å². The van der Waals surface area contributed by atoms with Crippen molar-refractivity contribution in [3.8, 4) is 0 Å². The van der Waals surface area contributed by atoms with Gasteiger partial charge in [0.2, 0.25) is 0 Å². The Kier molecular flexibility index (Phi) is 5.02. The minimum Gasteiger partial charge on any atom is -0.462 e. The van der Waals surface area contributed by atoms with Crippen molar-refractivity contribution in [2.75, 3.05) is 6.61 Å². The molecule has 0 spiro atoms. The first-order valence-corrected chi connectivity index (χ1v) is 7.16. The zero-order valence-electron chi connectivity index (χ0n) is 13.1. The van der Waals surface area contributed by atoms with Gasteiger partial charge >= 0.3 is 23.9 Å². The third-order valence-electron chi connectivity index (χ3n) is 3.63. The summed E-state index contributed by atoms with van der Waals surface area (Å²) in [6.07, 6.45) is -1.19. The van der Waals surface area contributed by atoms with E-state index in [0.717, 1.165) is 0 Å². The Balaban J connectivity index is 2.37. The fourth-order valence-corrected chi connectivity index (χ4v) is 2.88. The lowest BCUT2D eigenvalue weighted by atomic mass is 9.77. The highest BCUT2D eigenvalue weighted by Gasteiger charge is 2.49. The quantitative estimate of drug-likeness (QED) is 0.538. The molecule has 2 rings (SSSR count). The lowest BCUT2D eigenvalue weighted by Gasteiger charge is -2.42. The molecule has 1 saturated carbocycles. The number of esters is 4. The average molecular weight is 326 g/mol. The van der Waals surface area contributed by atoms with Gasteiger partial charge in [-0.1, -0.05) is 0 Å². The zero-order chi connectivity index (χ0) is 17.1. The van der Waals surface area contributed by atoms with Crippen LogP contribution in [0.25, 0.3) is 0 Å². The molecule has 23 heavy (non-hydrogen) atoms. The van der Waals surface area contributed by atoms with Crippen LogP contribution in [0.4, 0.5) is 0 Å². The van der Waals surface area contributed by atoms with E-state index in [1.54, 1.807) is 0 Å². The van der Waals surface area contributed by atoms with E-state index in [-0.39, 0.29) is 13.0 Å². The first kappa shape index (κ1) is 17.0. The Morgan fingerprint density at radius 2 is 1.57 bits per heavy atom. The van der Waals surface area contributed by atoms with Gasteiger partial charge in [0.1, 0.15) is 12.7 Å². The summed E-state index contributed by atoms with van der Waals surface area (Å²) in [5.41, 5.74) is 0.641. The van der Waals surface area contributed by atoms with Crippen LogP contribution in [-0.2, 0) is 38.1 Å². The molecule has 1 aliphatic heterocycles. The number of fused-ring (bicyclic) bond motifs is 1. The van der Waals surface area contributed by atoms with Crippen molar-refractivity contribution in [1.82, 2.24) is 0 Å². The predicted molar refractivity (Wildman–Crippen MR) is 73.8 cm³/mol. The molecule has 0 aromatic heterocycles. The van der Waals surface area contributed by atoms with Crippen molar-refractivity contribution in [1.29, 1.82) is 0 Å². The van der Waals surface area contributed by atoms with E-state index in [9.17, 15) is 19.2 Å². The molecule has 0 bridgehead atoms. The molecule has 0 aromatic rings. The highest BCUT2D eigenvalue weighted by molar-refractivity contribution is 5.84. The van der Waals surface area contributed by atoms with Crippen LogP contribution in [0.5, 0.6) is 0 Å². The molecule has 8 nitrogen and oxygen atoms in total. The molecule has 1 aliphatic carbocycles. The summed E-state index contributed by atoms with van der Waals surface area (Å²) in [6.45, 7) is 3.66. The standard InChI is InChI=1S/C15H18O8/c1-7(16)21-12-4-10-5-13(19)20-6-11(10)14(22-8(2)17)15(12)23-9(3)18/h5,11-12,14-15H,4,6H2,1-3H3. The van der Waals surface area contributed by atoms with E-state index >= 15 is 0 Å². The highest BCUT2D eigenvalue weighted by Crippen LogP contribution is 2.37. The average Bonchev–Trinajstić information content (AvgIpc) is 2.40. The van der Waals surface area contributed by atoms with Crippen LogP contribution in [-0.4, -0.2) is 48.8 Å². The number of rotatable bonds is 3. The molecular formula is C15H18O8. The van der Waals surface area contributed by atoms with Gasteiger partial charge in [0.05, 0.1) is 5.92 Å². The third kappa shape index (κ3) is 4.08. The minimum absolute atomic E-state index is 0.00711. The largest absolute Gasteiger partial charge is 0.462 e. The Bertz CT molecular complexity index is 564. The summed E-state index contributed by atoms with van der Waals surface area (Å²) in [7, 11) is 0. The molecule has 0 radical (unpaired) electrons. The van der Waals surface area contributed by atoms with Crippen LogP contribution in [0.2, 0.25) is 0 Å². The summed E-state index contributed by atoms with van der Waals surface area (Å²) in [5.74, 6) is -2.68.